The van der Waals surface area contributed by atoms with Gasteiger partial charge in [0, 0.05) is 23.2 Å². The van der Waals surface area contributed by atoms with Gasteiger partial charge in [0.05, 0.1) is 0 Å². The second-order valence-electron chi connectivity index (χ2n) is 3.93. The Labute approximate surface area is 83.2 Å². The van der Waals surface area contributed by atoms with Crippen LogP contribution in [0, 0.1) is 11.4 Å². The molecule has 0 aliphatic rings. The first kappa shape index (κ1) is 10.8. The van der Waals surface area contributed by atoms with Gasteiger partial charge in [0.15, 0.2) is 5.78 Å². The van der Waals surface area contributed by atoms with E-state index in [0.29, 0.717) is 5.56 Å². The zero-order valence-corrected chi connectivity index (χ0v) is 8.67. The average molecular weight is 195 g/mol. The summed E-state index contributed by atoms with van der Waals surface area (Å²) in [6.45, 7) is 5.65. The molecule has 0 saturated heterocycles. The van der Waals surface area contributed by atoms with Crippen molar-refractivity contribution in [3.05, 3.63) is 29.8 Å². The number of nitrogens with zero attached hydrogens (tertiary/aromatic N) is 1. The summed E-state index contributed by atoms with van der Waals surface area (Å²) in [5, 5.41) is 0. The lowest BCUT2D eigenvalue weighted by Crippen LogP contribution is -2.23. The molecule has 0 spiro atoms. The SMILES string of the molecule is CCC(C)(C)C(=O)c1ccnc(F)c1. The van der Waals surface area contributed by atoms with Crippen molar-refractivity contribution >= 4 is 5.78 Å². The van der Waals surface area contributed by atoms with Gasteiger partial charge in [0.1, 0.15) is 0 Å². The third-order valence-corrected chi connectivity index (χ3v) is 2.49. The topological polar surface area (TPSA) is 30.0 Å². The van der Waals surface area contributed by atoms with Crippen LogP contribution < -0.4 is 0 Å². The smallest absolute Gasteiger partial charge is 0.213 e. The number of aromatic nitrogens is 1. The van der Waals surface area contributed by atoms with Crippen LogP contribution in [-0.2, 0) is 0 Å². The van der Waals surface area contributed by atoms with Gasteiger partial charge in [-0.1, -0.05) is 20.8 Å². The van der Waals surface area contributed by atoms with Gasteiger partial charge in [0.25, 0.3) is 0 Å². The summed E-state index contributed by atoms with van der Waals surface area (Å²) in [4.78, 5) is 15.3. The van der Waals surface area contributed by atoms with Crippen molar-refractivity contribution in [2.75, 3.05) is 0 Å². The minimum atomic E-state index is -0.609. The maximum atomic E-state index is 12.8. The molecule has 14 heavy (non-hydrogen) atoms. The molecule has 2 nitrogen and oxygen atoms in total. The third-order valence-electron chi connectivity index (χ3n) is 2.49. The van der Waals surface area contributed by atoms with Gasteiger partial charge in [-0.3, -0.25) is 4.79 Å². The monoisotopic (exact) mass is 195 g/mol. The second-order valence-corrected chi connectivity index (χ2v) is 3.93. The van der Waals surface area contributed by atoms with E-state index < -0.39 is 11.4 Å². The molecular formula is C11H14FNO. The molecule has 0 atom stereocenters. The highest BCUT2D eigenvalue weighted by Gasteiger charge is 2.26. The van der Waals surface area contributed by atoms with E-state index in [4.69, 9.17) is 0 Å². The molecular weight excluding hydrogens is 181 g/mol. The number of rotatable bonds is 3. The molecule has 3 heteroatoms. The number of hydrogen-bond acceptors (Lipinski definition) is 2. The molecule has 0 aliphatic carbocycles. The summed E-state index contributed by atoms with van der Waals surface area (Å²) in [6, 6.07) is 2.72. The molecule has 1 rings (SSSR count). The quantitative estimate of drug-likeness (QED) is 0.548. The Bertz CT molecular complexity index is 347. The Morgan fingerprint density at radius 2 is 2.21 bits per heavy atom. The Balaban J connectivity index is 3.01. The second kappa shape index (κ2) is 3.86. The molecule has 0 radical (unpaired) electrons. The van der Waals surface area contributed by atoms with Crippen LogP contribution in [0.5, 0.6) is 0 Å². The number of carbonyl (C=O) groups is 1. The summed E-state index contributed by atoms with van der Waals surface area (Å²) in [5.41, 5.74) is -0.0438. The van der Waals surface area contributed by atoms with Crippen LogP contribution in [0.2, 0.25) is 0 Å². The fourth-order valence-electron chi connectivity index (χ4n) is 1.09. The van der Waals surface area contributed by atoms with Gasteiger partial charge >= 0.3 is 0 Å². The van der Waals surface area contributed by atoms with Gasteiger partial charge in [-0.05, 0) is 12.5 Å². The van der Waals surface area contributed by atoms with Crippen LogP contribution >= 0.6 is 0 Å². The molecule has 76 valence electrons. The zero-order valence-electron chi connectivity index (χ0n) is 8.67. The molecule has 1 aromatic heterocycles. The van der Waals surface area contributed by atoms with E-state index in [9.17, 15) is 9.18 Å². The molecule has 0 aliphatic heterocycles. The highest BCUT2D eigenvalue weighted by molar-refractivity contribution is 5.99. The van der Waals surface area contributed by atoms with E-state index in [1.54, 1.807) is 6.07 Å². The molecule has 0 amide bonds. The summed E-state index contributed by atoms with van der Waals surface area (Å²) < 4.78 is 12.8. The maximum absolute atomic E-state index is 12.8. The van der Waals surface area contributed by atoms with Crippen LogP contribution in [0.1, 0.15) is 37.6 Å². The Morgan fingerprint density at radius 1 is 1.57 bits per heavy atom. The van der Waals surface area contributed by atoms with Crippen molar-refractivity contribution in [3.63, 3.8) is 0 Å². The number of hydrogen-bond donors (Lipinski definition) is 0. The molecule has 0 fully saturated rings. The van der Waals surface area contributed by atoms with Gasteiger partial charge in [0.2, 0.25) is 5.95 Å². The first-order valence-electron chi connectivity index (χ1n) is 4.63. The number of Topliss-reactive ketones (excluding diaryl/α,β-unsaturated/α-hetero) is 1. The molecule has 1 heterocycles. The predicted octanol–water partition coefficient (Wildman–Crippen LogP) is 2.84. The predicted molar refractivity (Wildman–Crippen MR) is 52.6 cm³/mol. The lowest BCUT2D eigenvalue weighted by molar-refractivity contribution is 0.0832. The highest BCUT2D eigenvalue weighted by Crippen LogP contribution is 2.25. The fourth-order valence-corrected chi connectivity index (χ4v) is 1.09. The van der Waals surface area contributed by atoms with Crippen molar-refractivity contribution in [3.8, 4) is 0 Å². The molecule has 0 N–H and O–H groups in total. The van der Waals surface area contributed by atoms with Crippen LogP contribution in [0.15, 0.2) is 18.3 Å². The molecule has 0 bridgehead atoms. The van der Waals surface area contributed by atoms with E-state index in [-0.39, 0.29) is 5.78 Å². The molecule has 0 saturated carbocycles. The lowest BCUT2D eigenvalue weighted by Gasteiger charge is -2.20. The van der Waals surface area contributed by atoms with E-state index in [1.807, 2.05) is 20.8 Å². The zero-order chi connectivity index (χ0) is 10.8. The van der Waals surface area contributed by atoms with Crippen LogP contribution in [-0.4, -0.2) is 10.8 Å². The summed E-state index contributed by atoms with van der Waals surface area (Å²) in [5.74, 6) is -0.649. The van der Waals surface area contributed by atoms with Gasteiger partial charge in [-0.15, -0.1) is 0 Å². The lowest BCUT2D eigenvalue weighted by atomic mass is 9.82. The maximum Gasteiger partial charge on any atom is 0.213 e. The number of halogens is 1. The number of ketones is 1. The summed E-state index contributed by atoms with van der Waals surface area (Å²) >= 11 is 0. The molecule has 0 unspecified atom stereocenters. The standard InChI is InChI=1S/C11H14FNO/c1-4-11(2,3)10(14)8-5-6-13-9(12)7-8/h5-7H,4H2,1-3H3. The van der Waals surface area contributed by atoms with Gasteiger partial charge in [-0.25, -0.2) is 4.98 Å². The first-order valence-corrected chi connectivity index (χ1v) is 4.63. The minimum Gasteiger partial charge on any atom is -0.294 e. The van der Waals surface area contributed by atoms with E-state index in [2.05, 4.69) is 4.98 Å². The van der Waals surface area contributed by atoms with Crippen LogP contribution in [0.25, 0.3) is 0 Å². The Hall–Kier alpha value is -1.25. The van der Waals surface area contributed by atoms with Crippen LogP contribution in [0.4, 0.5) is 4.39 Å². The number of pyridine rings is 1. The Morgan fingerprint density at radius 3 is 2.71 bits per heavy atom. The third kappa shape index (κ3) is 2.16. The van der Waals surface area contributed by atoms with Crippen molar-refractivity contribution in [2.24, 2.45) is 5.41 Å². The molecule has 0 aromatic carbocycles. The Kier molecular flexibility index (Phi) is 2.99. The van der Waals surface area contributed by atoms with E-state index >= 15 is 0 Å². The van der Waals surface area contributed by atoms with Gasteiger partial charge in [-0.2, -0.15) is 4.39 Å². The van der Waals surface area contributed by atoms with Crippen molar-refractivity contribution in [1.29, 1.82) is 0 Å². The highest BCUT2D eigenvalue weighted by atomic mass is 19.1. The summed E-state index contributed by atoms with van der Waals surface area (Å²) in [6.07, 6.45) is 2.05. The summed E-state index contributed by atoms with van der Waals surface area (Å²) in [7, 11) is 0. The van der Waals surface area contributed by atoms with Crippen molar-refractivity contribution in [2.45, 2.75) is 27.2 Å². The largest absolute Gasteiger partial charge is 0.294 e. The molecule has 1 aromatic rings. The van der Waals surface area contributed by atoms with Crippen molar-refractivity contribution < 1.29 is 9.18 Å². The van der Waals surface area contributed by atoms with E-state index in [1.165, 1.54) is 12.3 Å². The average Bonchev–Trinajstić information content (AvgIpc) is 2.16. The van der Waals surface area contributed by atoms with E-state index in [0.717, 1.165) is 6.42 Å². The van der Waals surface area contributed by atoms with Crippen LogP contribution in [0.3, 0.4) is 0 Å². The van der Waals surface area contributed by atoms with Gasteiger partial charge < -0.3 is 0 Å². The fraction of sp³-hybridized carbons (Fsp3) is 0.455. The number of carbonyl (C=O) groups excluding carboxylic acids is 1. The van der Waals surface area contributed by atoms with Crippen molar-refractivity contribution in [1.82, 2.24) is 4.98 Å². The normalized spacial score (nSPS) is 11.4. The minimum absolute atomic E-state index is 0.0405. The first-order chi connectivity index (χ1) is 6.47.